The molecule has 1 heterocycles. The number of rotatable bonds is 8. The van der Waals surface area contributed by atoms with Crippen LogP contribution >= 0.6 is 0 Å². The summed E-state index contributed by atoms with van der Waals surface area (Å²) in [5.74, 6) is 0.00894. The van der Waals surface area contributed by atoms with Gasteiger partial charge in [-0.25, -0.2) is 4.98 Å². The number of aryl methyl sites for hydroxylation is 1. The van der Waals surface area contributed by atoms with E-state index in [0.29, 0.717) is 18.8 Å². The fraction of sp³-hybridized carbons (Fsp3) is 0.429. The van der Waals surface area contributed by atoms with Crippen LogP contribution in [0.15, 0.2) is 47.6 Å². The zero-order chi connectivity index (χ0) is 20.9. The van der Waals surface area contributed by atoms with Crippen LogP contribution in [0.2, 0.25) is 0 Å². The Labute approximate surface area is 168 Å². The van der Waals surface area contributed by atoms with Crippen LogP contribution in [-0.4, -0.2) is 43.8 Å². The highest BCUT2D eigenvalue weighted by Gasteiger charge is 2.29. The Morgan fingerprint density at radius 1 is 1.04 bits per heavy atom. The van der Waals surface area contributed by atoms with Gasteiger partial charge in [0.25, 0.3) is 10.0 Å². The van der Waals surface area contributed by atoms with Crippen molar-refractivity contribution in [2.75, 3.05) is 23.9 Å². The Hall–Kier alpha value is -2.41. The predicted molar refractivity (Wildman–Crippen MR) is 112 cm³/mol. The summed E-state index contributed by atoms with van der Waals surface area (Å²) < 4.78 is 27.8. The number of carbonyl (C=O) groups excluding carboxylic acids is 1. The van der Waals surface area contributed by atoms with E-state index in [2.05, 4.69) is 4.98 Å². The number of anilines is 1. The molecule has 0 radical (unpaired) electrons. The summed E-state index contributed by atoms with van der Waals surface area (Å²) in [6, 6.07) is 10.4. The summed E-state index contributed by atoms with van der Waals surface area (Å²) in [6.07, 6.45) is 1.58. The lowest BCUT2D eigenvalue weighted by molar-refractivity contribution is -0.129. The molecule has 0 aliphatic heterocycles. The highest BCUT2D eigenvalue weighted by Crippen LogP contribution is 2.24. The molecule has 152 valence electrons. The first-order valence-corrected chi connectivity index (χ1v) is 11.0. The van der Waals surface area contributed by atoms with Crippen LogP contribution in [-0.2, 0) is 14.8 Å². The molecule has 0 N–H and O–H groups in total. The summed E-state index contributed by atoms with van der Waals surface area (Å²) in [6.45, 7) is 10.5. The molecule has 1 amide bonds. The largest absolute Gasteiger partial charge is 0.342 e. The maximum absolute atomic E-state index is 13.3. The summed E-state index contributed by atoms with van der Waals surface area (Å²) >= 11 is 0. The van der Waals surface area contributed by atoms with Crippen molar-refractivity contribution in [2.24, 2.45) is 0 Å². The molecule has 1 aromatic heterocycles. The number of benzene rings is 1. The second kappa shape index (κ2) is 9.19. The van der Waals surface area contributed by atoms with Gasteiger partial charge in [0.15, 0.2) is 5.03 Å². The van der Waals surface area contributed by atoms with E-state index < -0.39 is 10.0 Å². The summed E-state index contributed by atoms with van der Waals surface area (Å²) in [5, 5.41) is -0.0650. The molecule has 0 unspecified atom stereocenters. The van der Waals surface area contributed by atoms with Gasteiger partial charge in [0.05, 0.1) is 5.69 Å². The molecule has 0 bridgehead atoms. The monoisotopic (exact) mass is 403 g/mol. The van der Waals surface area contributed by atoms with Crippen molar-refractivity contribution >= 4 is 21.6 Å². The smallest absolute Gasteiger partial charge is 0.282 e. The lowest BCUT2D eigenvalue weighted by atomic mass is 10.1. The fourth-order valence-corrected chi connectivity index (χ4v) is 4.16. The van der Waals surface area contributed by atoms with Gasteiger partial charge in [-0.2, -0.15) is 8.42 Å². The number of likely N-dealkylation sites (N-methyl/N-ethyl adjacent to an activating group) is 1. The van der Waals surface area contributed by atoms with E-state index in [9.17, 15) is 13.2 Å². The SMILES string of the molecule is CCN(CC)C(=O)CN(c1ccc(C)cc1)S(=O)(=O)c1ccc(C(C)C)cn1. The van der Waals surface area contributed by atoms with Crippen LogP contribution in [0, 0.1) is 6.92 Å². The van der Waals surface area contributed by atoms with Gasteiger partial charge in [-0.1, -0.05) is 37.6 Å². The van der Waals surface area contributed by atoms with Crippen molar-refractivity contribution in [1.29, 1.82) is 0 Å². The number of carbonyl (C=O) groups is 1. The van der Waals surface area contributed by atoms with Gasteiger partial charge < -0.3 is 4.90 Å². The summed E-state index contributed by atoms with van der Waals surface area (Å²) in [4.78, 5) is 18.5. The van der Waals surface area contributed by atoms with Crippen molar-refractivity contribution in [3.63, 3.8) is 0 Å². The van der Waals surface area contributed by atoms with E-state index in [-0.39, 0.29) is 23.4 Å². The summed E-state index contributed by atoms with van der Waals surface area (Å²) in [7, 11) is -3.98. The first-order valence-electron chi connectivity index (χ1n) is 9.53. The molecule has 2 rings (SSSR count). The Bertz CT molecular complexity index is 887. The molecule has 0 spiro atoms. The third kappa shape index (κ3) is 4.90. The third-order valence-electron chi connectivity index (χ3n) is 4.70. The van der Waals surface area contributed by atoms with Crippen LogP contribution in [0.4, 0.5) is 5.69 Å². The Morgan fingerprint density at radius 3 is 2.11 bits per heavy atom. The first kappa shape index (κ1) is 21.9. The van der Waals surface area contributed by atoms with E-state index >= 15 is 0 Å². The van der Waals surface area contributed by atoms with Crippen LogP contribution in [0.3, 0.4) is 0 Å². The van der Waals surface area contributed by atoms with Crippen LogP contribution < -0.4 is 4.31 Å². The topological polar surface area (TPSA) is 70.6 Å². The van der Waals surface area contributed by atoms with Gasteiger partial charge in [0.1, 0.15) is 6.54 Å². The predicted octanol–water partition coefficient (Wildman–Crippen LogP) is 3.58. The lowest BCUT2D eigenvalue weighted by Crippen LogP contribution is -2.43. The quantitative estimate of drug-likeness (QED) is 0.675. The van der Waals surface area contributed by atoms with Crippen LogP contribution in [0.5, 0.6) is 0 Å². The second-order valence-corrected chi connectivity index (χ2v) is 8.81. The molecule has 1 aromatic carbocycles. The molecular formula is C21H29N3O3S. The standard InChI is InChI=1S/C21H29N3O3S/c1-6-23(7-2)21(25)15-24(19-11-8-17(5)9-12-19)28(26,27)20-13-10-18(14-22-20)16(3)4/h8-14,16H,6-7,15H2,1-5H3. The minimum Gasteiger partial charge on any atom is -0.342 e. The Kier molecular flexibility index (Phi) is 7.18. The van der Waals surface area contributed by atoms with Crippen molar-refractivity contribution in [3.05, 3.63) is 53.7 Å². The minimum atomic E-state index is -3.98. The van der Waals surface area contributed by atoms with Gasteiger partial charge in [0.2, 0.25) is 5.91 Å². The Morgan fingerprint density at radius 2 is 1.64 bits per heavy atom. The number of hydrogen-bond donors (Lipinski definition) is 0. The lowest BCUT2D eigenvalue weighted by Gasteiger charge is -2.27. The van der Waals surface area contributed by atoms with Crippen molar-refractivity contribution in [3.8, 4) is 0 Å². The van der Waals surface area contributed by atoms with E-state index in [1.54, 1.807) is 29.3 Å². The average molecular weight is 404 g/mol. The average Bonchev–Trinajstić information content (AvgIpc) is 2.68. The Balaban J connectivity index is 2.47. The molecule has 2 aromatic rings. The molecule has 0 aliphatic rings. The number of sulfonamides is 1. The number of pyridine rings is 1. The number of hydrogen-bond acceptors (Lipinski definition) is 4. The molecule has 0 aliphatic carbocycles. The van der Waals surface area contributed by atoms with Crippen LogP contribution in [0.25, 0.3) is 0 Å². The van der Waals surface area contributed by atoms with Crippen molar-refractivity contribution in [1.82, 2.24) is 9.88 Å². The number of amides is 1. The normalized spacial score (nSPS) is 11.5. The molecule has 28 heavy (non-hydrogen) atoms. The molecule has 0 saturated carbocycles. The zero-order valence-corrected chi connectivity index (χ0v) is 18.0. The molecule has 7 heteroatoms. The zero-order valence-electron chi connectivity index (χ0n) is 17.2. The van der Waals surface area contributed by atoms with Gasteiger partial charge in [-0.05, 0) is 50.5 Å². The van der Waals surface area contributed by atoms with Gasteiger partial charge >= 0.3 is 0 Å². The minimum absolute atomic E-state index is 0.0650. The number of nitrogens with zero attached hydrogens (tertiary/aromatic N) is 3. The molecule has 0 atom stereocenters. The second-order valence-electron chi connectivity index (χ2n) is 7.00. The highest BCUT2D eigenvalue weighted by atomic mass is 32.2. The molecule has 0 saturated heterocycles. The number of aromatic nitrogens is 1. The van der Waals surface area contributed by atoms with Gasteiger partial charge in [-0.15, -0.1) is 0 Å². The maximum atomic E-state index is 13.3. The first-order chi connectivity index (χ1) is 13.2. The van der Waals surface area contributed by atoms with Gasteiger partial charge in [-0.3, -0.25) is 9.10 Å². The van der Waals surface area contributed by atoms with Crippen molar-refractivity contribution in [2.45, 2.75) is 45.6 Å². The highest BCUT2D eigenvalue weighted by molar-refractivity contribution is 7.92. The molecule has 6 nitrogen and oxygen atoms in total. The fourth-order valence-electron chi connectivity index (χ4n) is 2.82. The van der Waals surface area contributed by atoms with Crippen molar-refractivity contribution < 1.29 is 13.2 Å². The maximum Gasteiger partial charge on any atom is 0.282 e. The molecule has 0 fully saturated rings. The van der Waals surface area contributed by atoms with Gasteiger partial charge in [0, 0.05) is 19.3 Å². The summed E-state index contributed by atoms with van der Waals surface area (Å²) in [5.41, 5.74) is 2.41. The third-order valence-corrected chi connectivity index (χ3v) is 6.39. The molecular weight excluding hydrogens is 374 g/mol. The van der Waals surface area contributed by atoms with E-state index in [4.69, 9.17) is 0 Å². The van der Waals surface area contributed by atoms with E-state index in [1.165, 1.54) is 6.07 Å². The van der Waals surface area contributed by atoms with E-state index in [0.717, 1.165) is 15.4 Å². The van der Waals surface area contributed by atoms with E-state index in [1.807, 2.05) is 46.8 Å². The van der Waals surface area contributed by atoms with Crippen LogP contribution in [0.1, 0.15) is 44.7 Å².